The number of hydrogen-bond donors (Lipinski definition) is 1. The van der Waals surface area contributed by atoms with Crippen molar-refractivity contribution in [1.82, 2.24) is 9.88 Å². The number of para-hydroxylation sites is 1. The van der Waals surface area contributed by atoms with Crippen LogP contribution in [0.25, 0.3) is 0 Å². The Bertz CT molecular complexity index is 917. The molecule has 0 bridgehead atoms. The molecule has 8 heteroatoms. The van der Waals surface area contributed by atoms with Crippen molar-refractivity contribution in [3.63, 3.8) is 0 Å². The van der Waals surface area contributed by atoms with E-state index in [1.165, 1.54) is 0 Å². The Morgan fingerprint density at radius 2 is 2.12 bits per heavy atom. The van der Waals surface area contributed by atoms with E-state index in [9.17, 15) is 13.2 Å². The van der Waals surface area contributed by atoms with E-state index in [4.69, 9.17) is 11.6 Å². The zero-order chi connectivity index (χ0) is 18.7. The van der Waals surface area contributed by atoms with Gasteiger partial charge in [0.25, 0.3) is 5.91 Å². The number of aromatic nitrogens is 1. The minimum atomic E-state index is -3.06. The van der Waals surface area contributed by atoms with E-state index in [0.29, 0.717) is 23.7 Å². The van der Waals surface area contributed by atoms with Gasteiger partial charge in [-0.05, 0) is 37.6 Å². The van der Waals surface area contributed by atoms with E-state index < -0.39 is 9.84 Å². The van der Waals surface area contributed by atoms with Crippen molar-refractivity contribution in [3.05, 3.63) is 53.3 Å². The Kier molecular flexibility index (Phi) is 5.48. The number of amides is 1. The van der Waals surface area contributed by atoms with E-state index in [1.807, 2.05) is 25.1 Å². The van der Waals surface area contributed by atoms with Crippen LogP contribution >= 0.6 is 11.6 Å². The Hall–Kier alpha value is -2.12. The maximum Gasteiger partial charge on any atom is 0.272 e. The standard InChI is InChI=1S/C18H20ClN3O3S/c1-2-22(14-8-10-26(24,25)12-14)18(23)17-11-13(7-9-20-17)21-16-6-4-3-5-15(16)19/h3-7,9,11,14H,2,8,10,12H2,1H3,(H,20,21). The van der Waals surface area contributed by atoms with Gasteiger partial charge < -0.3 is 10.2 Å². The number of nitrogens with zero attached hydrogens (tertiary/aromatic N) is 2. The summed E-state index contributed by atoms with van der Waals surface area (Å²) in [6.45, 7) is 2.28. The number of halogens is 1. The highest BCUT2D eigenvalue weighted by Gasteiger charge is 2.34. The van der Waals surface area contributed by atoms with E-state index in [-0.39, 0.29) is 29.1 Å². The predicted octanol–water partition coefficient (Wildman–Crippen LogP) is 3.13. The van der Waals surface area contributed by atoms with Gasteiger partial charge in [0.1, 0.15) is 5.69 Å². The molecule has 1 N–H and O–H groups in total. The van der Waals surface area contributed by atoms with Crippen LogP contribution in [-0.4, -0.2) is 48.3 Å². The molecule has 1 saturated heterocycles. The lowest BCUT2D eigenvalue weighted by molar-refractivity contribution is 0.0702. The molecule has 1 aromatic heterocycles. The first-order valence-electron chi connectivity index (χ1n) is 8.38. The Morgan fingerprint density at radius 1 is 1.35 bits per heavy atom. The van der Waals surface area contributed by atoms with Crippen molar-refractivity contribution in [2.24, 2.45) is 0 Å². The summed E-state index contributed by atoms with van der Waals surface area (Å²) in [4.78, 5) is 18.6. The number of pyridine rings is 1. The Labute approximate surface area is 158 Å². The molecular weight excluding hydrogens is 374 g/mol. The molecule has 0 spiro atoms. The fraction of sp³-hybridized carbons (Fsp3) is 0.333. The first-order valence-corrected chi connectivity index (χ1v) is 10.6. The van der Waals surface area contributed by atoms with Gasteiger partial charge in [0.15, 0.2) is 9.84 Å². The summed E-state index contributed by atoms with van der Waals surface area (Å²) < 4.78 is 23.5. The highest BCUT2D eigenvalue weighted by molar-refractivity contribution is 7.91. The average molecular weight is 394 g/mol. The second-order valence-corrected chi connectivity index (χ2v) is 8.82. The molecule has 2 heterocycles. The monoisotopic (exact) mass is 393 g/mol. The molecule has 0 radical (unpaired) electrons. The van der Waals surface area contributed by atoms with Crippen LogP contribution in [0.2, 0.25) is 5.02 Å². The lowest BCUT2D eigenvalue weighted by Gasteiger charge is -2.26. The SMILES string of the molecule is CCN(C(=O)c1cc(Nc2ccccc2Cl)ccn1)C1CCS(=O)(=O)C1. The highest BCUT2D eigenvalue weighted by Crippen LogP contribution is 2.25. The van der Waals surface area contributed by atoms with Crippen molar-refractivity contribution in [1.29, 1.82) is 0 Å². The van der Waals surface area contributed by atoms with Gasteiger partial charge in [-0.3, -0.25) is 9.78 Å². The third-order valence-electron chi connectivity index (χ3n) is 4.38. The van der Waals surface area contributed by atoms with Gasteiger partial charge in [0.2, 0.25) is 0 Å². The maximum atomic E-state index is 12.9. The molecule has 6 nitrogen and oxygen atoms in total. The number of anilines is 2. The number of benzene rings is 1. The largest absolute Gasteiger partial charge is 0.354 e. The van der Waals surface area contributed by atoms with Crippen molar-refractivity contribution >= 4 is 38.7 Å². The minimum absolute atomic E-state index is 0.0180. The molecule has 1 aliphatic heterocycles. The lowest BCUT2D eigenvalue weighted by Crippen LogP contribution is -2.41. The van der Waals surface area contributed by atoms with Gasteiger partial charge in [-0.15, -0.1) is 0 Å². The quantitative estimate of drug-likeness (QED) is 0.844. The second-order valence-electron chi connectivity index (χ2n) is 6.18. The maximum absolute atomic E-state index is 12.9. The topological polar surface area (TPSA) is 79.4 Å². The highest BCUT2D eigenvalue weighted by atomic mass is 35.5. The smallest absolute Gasteiger partial charge is 0.272 e. The zero-order valence-electron chi connectivity index (χ0n) is 14.4. The fourth-order valence-electron chi connectivity index (χ4n) is 3.08. The average Bonchev–Trinajstić information content (AvgIpc) is 2.97. The fourth-order valence-corrected chi connectivity index (χ4v) is 4.99. The summed E-state index contributed by atoms with van der Waals surface area (Å²) >= 11 is 6.15. The van der Waals surface area contributed by atoms with Crippen LogP contribution in [0.3, 0.4) is 0 Å². The van der Waals surface area contributed by atoms with Gasteiger partial charge in [0.05, 0.1) is 22.2 Å². The van der Waals surface area contributed by atoms with Crippen molar-refractivity contribution < 1.29 is 13.2 Å². The molecule has 1 fully saturated rings. The number of sulfone groups is 1. The van der Waals surface area contributed by atoms with Crippen molar-refractivity contribution in [3.8, 4) is 0 Å². The minimum Gasteiger partial charge on any atom is -0.354 e. The molecule has 26 heavy (non-hydrogen) atoms. The van der Waals surface area contributed by atoms with Gasteiger partial charge >= 0.3 is 0 Å². The third-order valence-corrected chi connectivity index (χ3v) is 6.46. The number of nitrogens with one attached hydrogen (secondary N) is 1. The van der Waals surface area contributed by atoms with E-state index in [2.05, 4.69) is 10.3 Å². The van der Waals surface area contributed by atoms with Crippen LogP contribution in [-0.2, 0) is 9.84 Å². The molecule has 0 aliphatic carbocycles. The summed E-state index contributed by atoms with van der Waals surface area (Å²) in [5.74, 6) is -0.120. The van der Waals surface area contributed by atoms with Gasteiger partial charge in [0, 0.05) is 24.5 Å². The zero-order valence-corrected chi connectivity index (χ0v) is 15.9. The second kappa shape index (κ2) is 7.63. The summed E-state index contributed by atoms with van der Waals surface area (Å²) in [5.41, 5.74) is 1.69. The number of carbonyl (C=O) groups excluding carboxylic acids is 1. The normalized spacial score (nSPS) is 18.5. The number of carbonyl (C=O) groups is 1. The first kappa shape index (κ1) is 18.7. The number of hydrogen-bond acceptors (Lipinski definition) is 5. The Morgan fingerprint density at radius 3 is 2.77 bits per heavy atom. The van der Waals surface area contributed by atoms with Crippen LogP contribution in [0.15, 0.2) is 42.6 Å². The molecule has 0 saturated carbocycles. The molecule has 1 aliphatic rings. The van der Waals surface area contributed by atoms with Crippen molar-refractivity contribution in [2.45, 2.75) is 19.4 Å². The third kappa shape index (κ3) is 4.16. The van der Waals surface area contributed by atoms with E-state index in [1.54, 1.807) is 29.3 Å². The van der Waals surface area contributed by atoms with Gasteiger partial charge in [-0.2, -0.15) is 0 Å². The molecule has 2 aromatic rings. The summed E-state index contributed by atoms with van der Waals surface area (Å²) in [6.07, 6.45) is 2.02. The lowest BCUT2D eigenvalue weighted by atomic mass is 10.2. The van der Waals surface area contributed by atoms with Crippen molar-refractivity contribution in [2.75, 3.05) is 23.4 Å². The molecular formula is C18H20ClN3O3S. The van der Waals surface area contributed by atoms with E-state index in [0.717, 1.165) is 5.69 Å². The van der Waals surface area contributed by atoms with E-state index >= 15 is 0 Å². The van der Waals surface area contributed by atoms with Crippen LogP contribution in [0.5, 0.6) is 0 Å². The molecule has 1 amide bonds. The summed E-state index contributed by atoms with van der Waals surface area (Å²) in [7, 11) is -3.06. The number of rotatable bonds is 5. The first-order chi connectivity index (χ1) is 12.4. The predicted molar refractivity (Wildman–Crippen MR) is 103 cm³/mol. The summed E-state index contributed by atoms with van der Waals surface area (Å²) in [5, 5.41) is 3.74. The molecule has 3 rings (SSSR count). The molecule has 1 aromatic carbocycles. The van der Waals surface area contributed by atoms with Crippen LogP contribution in [0, 0.1) is 0 Å². The van der Waals surface area contributed by atoms with Gasteiger partial charge in [-0.25, -0.2) is 8.42 Å². The van der Waals surface area contributed by atoms with Gasteiger partial charge in [-0.1, -0.05) is 23.7 Å². The molecule has 1 atom stereocenters. The van der Waals surface area contributed by atoms with Crippen LogP contribution in [0.4, 0.5) is 11.4 Å². The Balaban J connectivity index is 1.80. The molecule has 138 valence electrons. The van der Waals surface area contributed by atoms with Crippen LogP contribution in [0.1, 0.15) is 23.8 Å². The van der Waals surface area contributed by atoms with Crippen LogP contribution < -0.4 is 5.32 Å². The summed E-state index contributed by atoms with van der Waals surface area (Å²) in [6, 6.07) is 10.4. The molecule has 1 unspecified atom stereocenters.